The van der Waals surface area contributed by atoms with E-state index in [1.165, 1.54) is 33.9 Å². The Hall–Kier alpha value is -9.14. The maximum atomic E-state index is 14.1. The molecule has 0 aliphatic carbocycles. The zero-order valence-corrected chi connectivity index (χ0v) is 58.9. The number of carbonyl (C=O) groups is 6. The minimum atomic E-state index is -4.90. The highest BCUT2D eigenvalue weighted by atomic mass is 35.5. The third-order valence-electron chi connectivity index (χ3n) is 17.8. The van der Waals surface area contributed by atoms with Crippen LogP contribution in [0.4, 0.5) is 75.3 Å². The number of amides is 9. The number of anilines is 3. The third-order valence-corrected chi connectivity index (χ3v) is 18.0. The normalized spacial score (nSPS) is 20.5. The number of alkyl halides is 6. The number of aromatic nitrogens is 6. The summed E-state index contributed by atoms with van der Waals surface area (Å²) in [6.07, 6.45) is -9.57. The smallest absolute Gasteiger partial charge is 0.317 e. The number of hydrogen-bond acceptors (Lipinski definition) is 15. The highest BCUT2D eigenvalue weighted by Crippen LogP contribution is 2.38. The molecule has 0 radical (unpaired) electrons. The first-order valence-electron chi connectivity index (χ1n) is 32.4. The molecule has 38 heteroatoms. The Morgan fingerprint density at radius 3 is 1.10 bits per heavy atom. The second-order valence-electron chi connectivity index (χ2n) is 26.7. The lowest BCUT2D eigenvalue weighted by Gasteiger charge is -2.33. The SMILES string of the molecule is C[C@@H]1Cc2nn3c(c2CN1C(=O)Nc1cc(Cl)c(F)cc1F)C(=O)N(C)O[C@H](CN(C)C)C3.C[C@@H]1Cc2nn3c(c2CN1C(=O)Nc1ccc(F)c(C(F)(F)F)c1)C(=O)N(C)O[C@@H](CN(C)C)C3.C[C@@H]1Cc2nn3c(c2CN1C(=O)Nc1ccc(F)c(C(F)(F)F)c1)C(=O)N(C)O[C@H](CN(C)C)C3. The lowest BCUT2D eigenvalue weighted by atomic mass is 9.99. The molecule has 27 nitrogen and oxygen atoms in total. The summed E-state index contributed by atoms with van der Waals surface area (Å²) in [6.45, 7) is 8.35. The number of halogens is 11. The van der Waals surface area contributed by atoms with Crippen molar-refractivity contribution >= 4 is 64.5 Å². The zero-order valence-electron chi connectivity index (χ0n) is 58.1. The van der Waals surface area contributed by atoms with Crippen LogP contribution < -0.4 is 16.0 Å². The molecule has 9 heterocycles. The van der Waals surface area contributed by atoms with E-state index < -0.39 is 76.7 Å². The molecule has 9 amide bonds. The Morgan fingerprint density at radius 1 is 0.485 bits per heavy atom. The van der Waals surface area contributed by atoms with Gasteiger partial charge in [-0.1, -0.05) is 11.6 Å². The Morgan fingerprint density at radius 2 is 0.796 bits per heavy atom. The molecular formula is C65H77ClF10N18O9. The summed E-state index contributed by atoms with van der Waals surface area (Å²) < 4.78 is 138. The predicted octanol–water partition coefficient (Wildman–Crippen LogP) is 8.68. The molecule has 0 unspecified atom stereocenters. The molecule has 3 N–H and O–H groups in total. The van der Waals surface area contributed by atoms with Crippen LogP contribution in [-0.2, 0) is 85.4 Å². The van der Waals surface area contributed by atoms with E-state index in [2.05, 4.69) is 31.2 Å². The molecule has 0 saturated carbocycles. The quantitative estimate of drug-likeness (QED) is 0.0905. The van der Waals surface area contributed by atoms with Crippen molar-refractivity contribution in [3.05, 3.63) is 139 Å². The predicted molar refractivity (Wildman–Crippen MR) is 351 cm³/mol. The number of rotatable bonds is 9. The molecule has 0 saturated heterocycles. The first-order chi connectivity index (χ1) is 48.2. The van der Waals surface area contributed by atoms with Gasteiger partial charge in [0, 0.05) is 112 Å². The van der Waals surface area contributed by atoms with Crippen molar-refractivity contribution in [3.63, 3.8) is 0 Å². The summed E-state index contributed by atoms with van der Waals surface area (Å²) in [5, 5.41) is 24.4. The molecule has 3 aromatic carbocycles. The lowest BCUT2D eigenvalue weighted by molar-refractivity contribution is -0.152. The van der Waals surface area contributed by atoms with Crippen LogP contribution in [0.3, 0.4) is 0 Å². The van der Waals surface area contributed by atoms with Gasteiger partial charge in [0.25, 0.3) is 17.7 Å². The van der Waals surface area contributed by atoms with Gasteiger partial charge in [-0.2, -0.15) is 41.6 Å². The molecule has 3 aromatic heterocycles. The second kappa shape index (κ2) is 30.3. The second-order valence-corrected chi connectivity index (χ2v) is 27.1. The Bertz CT molecular complexity index is 4070. The fraction of sp³-hybridized carbons (Fsp3) is 0.492. The largest absolute Gasteiger partial charge is 0.419 e. The minimum absolute atomic E-state index is 0.0307. The van der Waals surface area contributed by atoms with Crippen LogP contribution in [0, 0.1) is 23.3 Å². The average Bonchev–Trinajstić information content (AvgIpc) is 1.63. The number of nitrogens with zero attached hydrogens (tertiary/aromatic N) is 15. The maximum absolute atomic E-state index is 14.1. The Kier molecular flexibility index (Phi) is 22.5. The molecule has 12 rings (SSSR count). The van der Waals surface area contributed by atoms with E-state index in [-0.39, 0.29) is 84.1 Å². The van der Waals surface area contributed by atoms with Crippen molar-refractivity contribution in [2.45, 2.75) is 128 Å². The van der Waals surface area contributed by atoms with Crippen LogP contribution in [0.25, 0.3) is 0 Å². The van der Waals surface area contributed by atoms with E-state index in [0.29, 0.717) is 134 Å². The van der Waals surface area contributed by atoms with Crippen molar-refractivity contribution in [3.8, 4) is 0 Å². The summed E-state index contributed by atoms with van der Waals surface area (Å²) in [5.41, 5.74) is 1.34. The van der Waals surface area contributed by atoms with Gasteiger partial charge in [-0.3, -0.25) is 42.9 Å². The average molecular weight is 1480 g/mol. The first kappa shape index (κ1) is 76.5. The molecule has 103 heavy (non-hydrogen) atoms. The molecule has 0 fully saturated rings. The number of carbonyl (C=O) groups excluding carboxylic acids is 6. The number of hydroxylamine groups is 6. The van der Waals surface area contributed by atoms with E-state index in [0.717, 1.165) is 34.0 Å². The van der Waals surface area contributed by atoms with Gasteiger partial charge in [-0.15, -0.1) is 0 Å². The van der Waals surface area contributed by atoms with Crippen LogP contribution in [0.1, 0.15) is 97.1 Å². The number of urea groups is 3. The molecule has 558 valence electrons. The molecule has 6 aromatic rings. The van der Waals surface area contributed by atoms with Gasteiger partial charge in [-0.05, 0) is 106 Å². The molecule has 6 aliphatic rings. The van der Waals surface area contributed by atoms with Crippen molar-refractivity contribution < 1.29 is 87.2 Å². The number of benzene rings is 3. The summed E-state index contributed by atoms with van der Waals surface area (Å²) >= 11 is 5.73. The topological polar surface area (TPSA) is 249 Å². The van der Waals surface area contributed by atoms with Gasteiger partial charge in [0.2, 0.25) is 0 Å². The van der Waals surface area contributed by atoms with Gasteiger partial charge < -0.3 is 45.3 Å². The number of likely N-dealkylation sites (N-methyl/N-ethyl adjacent to an activating group) is 3. The fourth-order valence-electron chi connectivity index (χ4n) is 13.0. The van der Waals surface area contributed by atoms with Crippen molar-refractivity contribution in [1.29, 1.82) is 0 Å². The van der Waals surface area contributed by atoms with E-state index in [1.54, 1.807) is 34.9 Å². The van der Waals surface area contributed by atoms with Crippen LogP contribution in [0.15, 0.2) is 48.5 Å². The number of hydrogen-bond donors (Lipinski definition) is 3. The van der Waals surface area contributed by atoms with E-state index >= 15 is 0 Å². The van der Waals surface area contributed by atoms with Crippen LogP contribution in [-0.4, -0.2) is 229 Å². The standard InChI is InChI=1S/2C22H26F4N6O3.C21H25ClF2N6O3/c2*1-12-7-18-15(19-20(33)30(4)35-14(9-29(2)3)10-32(19)28-18)11-31(12)21(34)27-13-5-6-17(23)16(8-13)22(24,25)26;1-11-5-17-13(10-29(11)21(32)25-18-6-14(22)15(23)7-16(18)24)19-20(31)28(4)33-12(8-27(2)3)9-30(19)26-17/h2*5-6,8,12,14H,7,9-11H2,1-4H3,(H,27,34);6-7,11-12H,5,8-10H2,1-4H3,(H,25,32)/t12-,14+;12-,14-;11-,12-/m111/s1. The maximum Gasteiger partial charge on any atom is 0.419 e. The summed E-state index contributed by atoms with van der Waals surface area (Å²) in [5.74, 6) is -5.85. The van der Waals surface area contributed by atoms with Gasteiger partial charge in [0.05, 0.1) is 78.2 Å². The highest BCUT2D eigenvalue weighted by molar-refractivity contribution is 6.31. The minimum Gasteiger partial charge on any atom is -0.317 e. The van der Waals surface area contributed by atoms with Crippen LogP contribution >= 0.6 is 11.6 Å². The van der Waals surface area contributed by atoms with Gasteiger partial charge in [0.1, 0.15) is 58.7 Å². The van der Waals surface area contributed by atoms with Gasteiger partial charge in [-0.25, -0.2) is 47.1 Å². The van der Waals surface area contributed by atoms with E-state index in [9.17, 15) is 72.7 Å². The lowest BCUT2D eigenvalue weighted by Crippen LogP contribution is -2.45. The molecule has 0 spiro atoms. The summed E-state index contributed by atoms with van der Waals surface area (Å²) in [6, 6.07) is 3.32. The summed E-state index contributed by atoms with van der Waals surface area (Å²) in [4.78, 5) is 106. The van der Waals surface area contributed by atoms with Crippen molar-refractivity contribution in [1.82, 2.24) is 73.9 Å². The van der Waals surface area contributed by atoms with Crippen LogP contribution in [0.5, 0.6) is 0 Å². The van der Waals surface area contributed by atoms with Crippen molar-refractivity contribution in [2.24, 2.45) is 0 Å². The van der Waals surface area contributed by atoms with Crippen molar-refractivity contribution in [2.75, 3.05) is 99.0 Å². The van der Waals surface area contributed by atoms with Gasteiger partial charge in [0.15, 0.2) is 0 Å². The van der Waals surface area contributed by atoms with E-state index in [4.69, 9.17) is 26.1 Å². The Balaban J connectivity index is 0.000000166. The molecular weight excluding hydrogens is 1400 g/mol. The summed E-state index contributed by atoms with van der Waals surface area (Å²) in [7, 11) is 16.0. The molecule has 6 atom stereocenters. The zero-order chi connectivity index (χ0) is 75.3. The third kappa shape index (κ3) is 16.9. The number of nitrogens with one attached hydrogen (secondary N) is 3. The molecule has 6 aliphatic heterocycles. The first-order valence-corrected chi connectivity index (χ1v) is 32.8. The van der Waals surface area contributed by atoms with Crippen LogP contribution in [0.2, 0.25) is 5.02 Å². The highest BCUT2D eigenvalue weighted by Gasteiger charge is 2.43. The fourth-order valence-corrected chi connectivity index (χ4v) is 13.2. The number of fused-ring (bicyclic) bond motifs is 9. The van der Waals surface area contributed by atoms with E-state index in [1.807, 2.05) is 63.9 Å². The monoisotopic (exact) mass is 1480 g/mol. The molecule has 0 bridgehead atoms. The Labute approximate surface area is 589 Å². The van der Waals surface area contributed by atoms with Gasteiger partial charge >= 0.3 is 30.4 Å².